The maximum absolute atomic E-state index is 14.0. The molecule has 0 bridgehead atoms. The van der Waals surface area contributed by atoms with Crippen molar-refractivity contribution >= 4 is 22.9 Å². The number of hydrogen-bond acceptors (Lipinski definition) is 3. The van der Waals surface area contributed by atoms with E-state index in [1.54, 1.807) is 12.1 Å². The van der Waals surface area contributed by atoms with Crippen molar-refractivity contribution in [3.05, 3.63) is 101 Å². The number of aromatic amines is 1. The van der Waals surface area contributed by atoms with Crippen molar-refractivity contribution in [2.45, 2.75) is 40.2 Å². The van der Waals surface area contributed by atoms with Crippen LogP contribution < -0.4 is 10.8 Å². The van der Waals surface area contributed by atoms with E-state index in [0.29, 0.717) is 6.54 Å². The van der Waals surface area contributed by atoms with Crippen LogP contribution in [0.2, 0.25) is 0 Å². The van der Waals surface area contributed by atoms with Gasteiger partial charge in [-0.1, -0.05) is 55.0 Å². The molecule has 1 amide bonds. The van der Waals surface area contributed by atoms with E-state index in [-0.39, 0.29) is 5.56 Å². The molecule has 3 aromatic rings. The van der Waals surface area contributed by atoms with Gasteiger partial charge in [0.25, 0.3) is 5.91 Å². The Morgan fingerprint density at radius 1 is 1.09 bits per heavy atom. The molecule has 1 aromatic heterocycles. The molecule has 0 aliphatic carbocycles. The number of H-pyrrole nitrogens is 1. The molecule has 34 heavy (non-hydrogen) atoms. The fourth-order valence-electron chi connectivity index (χ4n) is 3.37. The predicted octanol–water partition coefficient (Wildman–Crippen LogP) is 6.08. The van der Waals surface area contributed by atoms with Crippen LogP contribution >= 0.6 is 0 Å². The summed E-state index contributed by atoms with van der Waals surface area (Å²) in [5.41, 5.74) is 6.35. The summed E-state index contributed by atoms with van der Waals surface area (Å²) in [7, 11) is 0. The highest BCUT2D eigenvalue weighted by Crippen LogP contribution is 2.15. The van der Waals surface area contributed by atoms with E-state index >= 15 is 0 Å². The fourth-order valence-corrected chi connectivity index (χ4v) is 3.37. The van der Waals surface area contributed by atoms with E-state index < -0.39 is 11.7 Å². The Labute approximate surface area is 201 Å². The first-order valence-electron chi connectivity index (χ1n) is 11.5. The number of benzene rings is 2. The van der Waals surface area contributed by atoms with Gasteiger partial charge in [0.15, 0.2) is 0 Å². The Kier molecular flexibility index (Phi) is 11.5. The first-order valence-corrected chi connectivity index (χ1v) is 11.5. The molecule has 0 unspecified atom stereocenters. The number of fused-ring (bicyclic) bond motifs is 1. The molecule has 0 saturated carbocycles. The number of nitrogens with one attached hydrogen (secondary N) is 3. The molecule has 180 valence electrons. The van der Waals surface area contributed by atoms with Gasteiger partial charge in [0.2, 0.25) is 0 Å². The zero-order chi connectivity index (χ0) is 24.8. The van der Waals surface area contributed by atoms with Crippen molar-refractivity contribution in [3.8, 4) is 0 Å². The SMILES string of the molecule is C/C=C\C(=C\C)CC.O=C(/C=C/c1ccc(CNCCc2ccc3cc[nH]c3c2)cc1F)NO. The molecule has 6 heteroatoms. The van der Waals surface area contributed by atoms with Crippen molar-refractivity contribution < 1.29 is 14.4 Å². The number of carbonyl (C=O) groups excluding carboxylic acids is 1. The summed E-state index contributed by atoms with van der Waals surface area (Å²) >= 11 is 0. The topological polar surface area (TPSA) is 77.2 Å². The van der Waals surface area contributed by atoms with Gasteiger partial charge in [0.05, 0.1) is 0 Å². The van der Waals surface area contributed by atoms with E-state index in [1.807, 2.05) is 19.2 Å². The molecule has 0 aliphatic heterocycles. The highest BCUT2D eigenvalue weighted by Gasteiger charge is 2.03. The van der Waals surface area contributed by atoms with Gasteiger partial charge >= 0.3 is 0 Å². The molecule has 1 heterocycles. The van der Waals surface area contributed by atoms with E-state index in [9.17, 15) is 9.18 Å². The lowest BCUT2D eigenvalue weighted by molar-refractivity contribution is -0.124. The third-order valence-electron chi connectivity index (χ3n) is 5.29. The van der Waals surface area contributed by atoms with E-state index in [1.165, 1.54) is 34.1 Å². The number of rotatable bonds is 9. The Morgan fingerprint density at radius 2 is 1.88 bits per heavy atom. The van der Waals surface area contributed by atoms with Crippen LogP contribution in [-0.4, -0.2) is 22.6 Å². The van der Waals surface area contributed by atoms with Crippen molar-refractivity contribution in [1.29, 1.82) is 0 Å². The molecule has 2 aromatic carbocycles. The minimum absolute atomic E-state index is 0.289. The van der Waals surface area contributed by atoms with Crippen molar-refractivity contribution in [3.63, 3.8) is 0 Å². The lowest BCUT2D eigenvalue weighted by atomic mass is 10.1. The summed E-state index contributed by atoms with van der Waals surface area (Å²) in [6, 6.07) is 13.2. The molecule has 0 spiro atoms. The first kappa shape index (κ1) is 26.8. The second-order valence-corrected chi connectivity index (χ2v) is 7.71. The van der Waals surface area contributed by atoms with Gasteiger partial charge in [-0.05, 0) is 74.0 Å². The van der Waals surface area contributed by atoms with E-state index in [4.69, 9.17) is 5.21 Å². The molecule has 5 nitrogen and oxygen atoms in total. The summed E-state index contributed by atoms with van der Waals surface area (Å²) in [4.78, 5) is 14.1. The van der Waals surface area contributed by atoms with E-state index in [0.717, 1.165) is 36.5 Å². The molecule has 0 aliphatic rings. The van der Waals surface area contributed by atoms with Gasteiger partial charge in [-0.2, -0.15) is 0 Å². The van der Waals surface area contributed by atoms with Crippen LogP contribution in [0.25, 0.3) is 17.0 Å². The van der Waals surface area contributed by atoms with Gasteiger partial charge in [-0.25, -0.2) is 9.87 Å². The van der Waals surface area contributed by atoms with Gasteiger partial charge in [0, 0.05) is 29.9 Å². The largest absolute Gasteiger partial charge is 0.361 e. The van der Waals surface area contributed by atoms with Gasteiger partial charge < -0.3 is 10.3 Å². The second-order valence-electron chi connectivity index (χ2n) is 7.71. The summed E-state index contributed by atoms with van der Waals surface area (Å²) in [6.07, 6.45) is 12.7. The zero-order valence-electron chi connectivity index (χ0n) is 20.1. The minimum Gasteiger partial charge on any atom is -0.361 e. The Bertz CT molecular complexity index is 1140. The van der Waals surface area contributed by atoms with Crippen molar-refractivity contribution in [2.24, 2.45) is 0 Å². The number of aromatic nitrogens is 1. The van der Waals surface area contributed by atoms with Crippen LogP contribution in [0.3, 0.4) is 0 Å². The summed E-state index contributed by atoms with van der Waals surface area (Å²) in [5.74, 6) is -1.11. The maximum Gasteiger partial charge on any atom is 0.267 e. The molecular formula is C28H34FN3O2. The number of halogens is 1. The van der Waals surface area contributed by atoms with Crippen LogP contribution in [0.5, 0.6) is 0 Å². The van der Waals surface area contributed by atoms with Gasteiger partial charge in [-0.3, -0.25) is 10.0 Å². The fraction of sp³-hybridized carbons (Fsp3) is 0.250. The third-order valence-corrected chi connectivity index (χ3v) is 5.29. The zero-order valence-corrected chi connectivity index (χ0v) is 20.1. The van der Waals surface area contributed by atoms with Crippen LogP contribution in [-0.2, 0) is 17.8 Å². The first-order chi connectivity index (χ1) is 16.5. The monoisotopic (exact) mass is 463 g/mol. The summed E-state index contributed by atoms with van der Waals surface area (Å²) in [6.45, 7) is 7.61. The van der Waals surface area contributed by atoms with Crippen molar-refractivity contribution in [1.82, 2.24) is 15.8 Å². The highest BCUT2D eigenvalue weighted by atomic mass is 19.1. The van der Waals surface area contributed by atoms with Gasteiger partial charge in [-0.15, -0.1) is 0 Å². The maximum atomic E-state index is 14.0. The number of carbonyl (C=O) groups is 1. The normalized spacial score (nSPS) is 11.7. The Morgan fingerprint density at radius 3 is 2.53 bits per heavy atom. The van der Waals surface area contributed by atoms with E-state index in [2.05, 4.69) is 60.6 Å². The molecule has 0 fully saturated rings. The lowest BCUT2D eigenvalue weighted by Gasteiger charge is -2.07. The Hall–Kier alpha value is -3.48. The molecule has 0 atom stereocenters. The number of hydrogen-bond donors (Lipinski definition) is 4. The average Bonchev–Trinajstić information content (AvgIpc) is 3.33. The van der Waals surface area contributed by atoms with Gasteiger partial charge in [0.1, 0.15) is 5.82 Å². The quantitative estimate of drug-likeness (QED) is 0.102. The highest BCUT2D eigenvalue weighted by molar-refractivity contribution is 5.90. The van der Waals surface area contributed by atoms with Crippen LogP contribution in [0.4, 0.5) is 4.39 Å². The average molecular weight is 464 g/mol. The second kappa shape index (κ2) is 14.6. The molecule has 0 saturated heterocycles. The summed E-state index contributed by atoms with van der Waals surface area (Å²) in [5, 5.41) is 12.9. The predicted molar refractivity (Wildman–Crippen MR) is 138 cm³/mol. The van der Waals surface area contributed by atoms with Crippen molar-refractivity contribution in [2.75, 3.05) is 6.54 Å². The standard InChI is InChI=1S/C20H20FN3O2.C8H14/c21-18-11-15(2-3-16(18)5-6-20(25)24-26)13-22-9-7-14-1-4-17-8-10-23-19(17)12-14;1-4-7-8(5-2)6-3/h1-6,8,10-12,22-23,26H,7,9,13H2,(H,24,25);4-5,7H,6H2,1-3H3/b6-5+;7-4-,8-5+. The van der Waals surface area contributed by atoms with Crippen LogP contribution in [0.1, 0.15) is 43.9 Å². The summed E-state index contributed by atoms with van der Waals surface area (Å²) < 4.78 is 14.0. The van der Waals surface area contributed by atoms with Crippen LogP contribution in [0.15, 0.2) is 78.5 Å². The number of allylic oxidation sites excluding steroid dienone is 4. The number of hydroxylamine groups is 1. The molecule has 3 rings (SSSR count). The lowest BCUT2D eigenvalue weighted by Crippen LogP contribution is -2.16. The third kappa shape index (κ3) is 8.81. The minimum atomic E-state index is -0.701. The molecular weight excluding hydrogens is 429 g/mol. The molecule has 4 N–H and O–H groups in total. The van der Waals surface area contributed by atoms with Crippen LogP contribution in [0, 0.1) is 5.82 Å². The Balaban J connectivity index is 0.000000440. The smallest absolute Gasteiger partial charge is 0.267 e. The number of amides is 1. The molecule has 0 radical (unpaired) electrons.